The van der Waals surface area contributed by atoms with Gasteiger partial charge in [-0.15, -0.1) is 0 Å². The maximum absolute atomic E-state index is 3.75. The molecular formula is C11H19N. The Labute approximate surface area is 75.8 Å². The van der Waals surface area contributed by atoms with Gasteiger partial charge in [0.15, 0.2) is 0 Å². The molecule has 0 unspecified atom stereocenters. The molecule has 1 heteroatoms. The third-order valence-corrected chi connectivity index (χ3v) is 2.63. The van der Waals surface area contributed by atoms with Gasteiger partial charge in [0, 0.05) is 19.3 Å². The fraction of sp³-hybridized carbons (Fsp3) is 0.636. The highest BCUT2D eigenvalue weighted by atomic mass is 15.1. The largest absolute Gasteiger partial charge is 0.377 e. The van der Waals surface area contributed by atoms with Crippen molar-refractivity contribution in [1.29, 1.82) is 0 Å². The lowest BCUT2D eigenvalue weighted by Crippen LogP contribution is -2.23. The predicted octanol–water partition coefficient (Wildman–Crippen LogP) is 2.95. The number of allylic oxidation sites excluding steroid dienone is 2. The van der Waals surface area contributed by atoms with Crippen LogP contribution in [0.25, 0.3) is 0 Å². The first-order valence-electron chi connectivity index (χ1n) is 4.77. The van der Waals surface area contributed by atoms with Gasteiger partial charge in [0.1, 0.15) is 0 Å². The van der Waals surface area contributed by atoms with Gasteiger partial charge in [-0.05, 0) is 25.3 Å². The fourth-order valence-electron chi connectivity index (χ4n) is 1.79. The molecule has 12 heavy (non-hydrogen) atoms. The number of rotatable bonds is 3. The minimum atomic E-state index is 0.778. The van der Waals surface area contributed by atoms with E-state index in [9.17, 15) is 0 Å². The molecular weight excluding hydrogens is 146 g/mol. The molecule has 1 saturated carbocycles. The van der Waals surface area contributed by atoms with Crippen molar-refractivity contribution in [3.05, 3.63) is 24.4 Å². The summed E-state index contributed by atoms with van der Waals surface area (Å²) in [7, 11) is 2.17. The molecule has 0 N–H and O–H groups in total. The van der Waals surface area contributed by atoms with Crippen LogP contribution in [0.5, 0.6) is 0 Å². The zero-order valence-corrected chi connectivity index (χ0v) is 8.21. The van der Waals surface area contributed by atoms with Crippen molar-refractivity contribution in [3.63, 3.8) is 0 Å². The Bertz CT molecular complexity index is 175. The van der Waals surface area contributed by atoms with Crippen molar-refractivity contribution in [1.82, 2.24) is 4.90 Å². The third-order valence-electron chi connectivity index (χ3n) is 2.63. The van der Waals surface area contributed by atoms with Crippen LogP contribution in [-0.2, 0) is 0 Å². The van der Waals surface area contributed by atoms with Crippen LogP contribution in [0.15, 0.2) is 24.4 Å². The maximum atomic E-state index is 3.75. The predicted molar refractivity (Wildman–Crippen MR) is 54.0 cm³/mol. The summed E-state index contributed by atoms with van der Waals surface area (Å²) in [6, 6.07) is 0.778. The van der Waals surface area contributed by atoms with Gasteiger partial charge in [-0.3, -0.25) is 0 Å². The molecule has 0 aliphatic heterocycles. The summed E-state index contributed by atoms with van der Waals surface area (Å²) in [6.07, 6.45) is 9.62. The monoisotopic (exact) mass is 165 g/mol. The number of hydrogen-bond donors (Lipinski definition) is 0. The molecule has 0 aromatic rings. The number of hydrogen-bond acceptors (Lipinski definition) is 1. The molecule has 0 aromatic carbocycles. The molecule has 1 aliphatic rings. The summed E-state index contributed by atoms with van der Waals surface area (Å²) in [6.45, 7) is 5.84. The zero-order valence-electron chi connectivity index (χ0n) is 8.21. The van der Waals surface area contributed by atoms with Crippen LogP contribution in [0.2, 0.25) is 0 Å². The molecule has 0 amide bonds. The van der Waals surface area contributed by atoms with Gasteiger partial charge in [-0.25, -0.2) is 0 Å². The van der Waals surface area contributed by atoms with Crippen molar-refractivity contribution < 1.29 is 0 Å². The molecule has 0 bridgehead atoms. The molecule has 0 spiro atoms. The van der Waals surface area contributed by atoms with E-state index in [4.69, 9.17) is 0 Å². The highest BCUT2D eigenvalue weighted by molar-refractivity contribution is 5.12. The minimum absolute atomic E-state index is 0.778. The Morgan fingerprint density at radius 2 is 2.00 bits per heavy atom. The second-order valence-corrected chi connectivity index (χ2v) is 3.68. The Balaban J connectivity index is 2.45. The Morgan fingerprint density at radius 3 is 2.50 bits per heavy atom. The van der Waals surface area contributed by atoms with E-state index in [-0.39, 0.29) is 0 Å². The van der Waals surface area contributed by atoms with E-state index in [1.54, 1.807) is 0 Å². The molecule has 0 saturated heterocycles. The topological polar surface area (TPSA) is 3.24 Å². The van der Waals surface area contributed by atoms with Crippen molar-refractivity contribution in [2.45, 2.75) is 38.6 Å². The molecule has 1 aliphatic carbocycles. The van der Waals surface area contributed by atoms with E-state index < -0.39 is 0 Å². The summed E-state index contributed by atoms with van der Waals surface area (Å²) in [4.78, 5) is 2.34. The van der Waals surface area contributed by atoms with E-state index in [2.05, 4.69) is 31.7 Å². The van der Waals surface area contributed by atoms with Crippen LogP contribution < -0.4 is 0 Å². The van der Waals surface area contributed by atoms with Crippen molar-refractivity contribution in [2.75, 3.05) is 7.05 Å². The van der Waals surface area contributed by atoms with Gasteiger partial charge in [0.2, 0.25) is 0 Å². The number of nitrogens with zero attached hydrogens (tertiary/aromatic N) is 1. The van der Waals surface area contributed by atoms with Crippen LogP contribution >= 0.6 is 0 Å². The van der Waals surface area contributed by atoms with Gasteiger partial charge in [-0.1, -0.05) is 25.5 Å². The van der Waals surface area contributed by atoms with E-state index in [0.717, 1.165) is 6.04 Å². The van der Waals surface area contributed by atoms with Gasteiger partial charge in [0.25, 0.3) is 0 Å². The van der Waals surface area contributed by atoms with Crippen LogP contribution in [0.3, 0.4) is 0 Å². The zero-order chi connectivity index (χ0) is 8.97. The summed E-state index contributed by atoms with van der Waals surface area (Å²) < 4.78 is 0. The normalized spacial score (nSPS) is 19.7. The summed E-state index contributed by atoms with van der Waals surface area (Å²) in [5, 5.41) is 0. The molecule has 0 atom stereocenters. The van der Waals surface area contributed by atoms with Crippen molar-refractivity contribution in [2.24, 2.45) is 0 Å². The Hall–Kier alpha value is -0.720. The average molecular weight is 165 g/mol. The van der Waals surface area contributed by atoms with Crippen LogP contribution in [-0.4, -0.2) is 18.0 Å². The minimum Gasteiger partial charge on any atom is -0.377 e. The SMILES string of the molecule is C=C/C(C)=C\N(C)C1CCCC1. The standard InChI is InChI=1S/C11H19N/c1-4-10(2)9-12(3)11-7-5-6-8-11/h4,9,11H,1,5-8H2,2-3H3/b10-9-. The maximum Gasteiger partial charge on any atom is 0.0281 e. The van der Waals surface area contributed by atoms with Crippen molar-refractivity contribution in [3.8, 4) is 0 Å². The molecule has 0 radical (unpaired) electrons. The lowest BCUT2D eigenvalue weighted by Gasteiger charge is -2.22. The highest BCUT2D eigenvalue weighted by Crippen LogP contribution is 2.22. The lowest BCUT2D eigenvalue weighted by molar-refractivity contribution is 0.333. The smallest absolute Gasteiger partial charge is 0.0281 e. The fourth-order valence-corrected chi connectivity index (χ4v) is 1.79. The second kappa shape index (κ2) is 4.34. The first-order chi connectivity index (χ1) is 5.74. The van der Waals surface area contributed by atoms with E-state index in [0.29, 0.717) is 0 Å². The molecule has 1 nitrogen and oxygen atoms in total. The van der Waals surface area contributed by atoms with Gasteiger partial charge in [-0.2, -0.15) is 0 Å². The van der Waals surface area contributed by atoms with Crippen LogP contribution in [0, 0.1) is 0 Å². The molecule has 1 rings (SSSR count). The van der Waals surface area contributed by atoms with Gasteiger partial charge < -0.3 is 4.90 Å². The summed E-state index contributed by atoms with van der Waals surface area (Å²) in [5.74, 6) is 0. The molecule has 0 aromatic heterocycles. The molecule has 0 heterocycles. The first kappa shape index (κ1) is 9.37. The van der Waals surface area contributed by atoms with Crippen LogP contribution in [0.4, 0.5) is 0 Å². The van der Waals surface area contributed by atoms with Gasteiger partial charge in [0.05, 0.1) is 0 Å². The second-order valence-electron chi connectivity index (χ2n) is 3.68. The van der Waals surface area contributed by atoms with Crippen LogP contribution in [0.1, 0.15) is 32.6 Å². The lowest BCUT2D eigenvalue weighted by atomic mass is 10.2. The quantitative estimate of drug-likeness (QED) is 0.581. The van der Waals surface area contributed by atoms with E-state index in [1.807, 2.05) is 6.08 Å². The first-order valence-corrected chi connectivity index (χ1v) is 4.77. The molecule has 1 fully saturated rings. The van der Waals surface area contributed by atoms with Gasteiger partial charge >= 0.3 is 0 Å². The third kappa shape index (κ3) is 2.40. The van der Waals surface area contributed by atoms with Crippen molar-refractivity contribution >= 4 is 0 Å². The average Bonchev–Trinajstić information content (AvgIpc) is 2.56. The molecule has 68 valence electrons. The Kier molecular flexibility index (Phi) is 3.39. The van der Waals surface area contributed by atoms with E-state index in [1.165, 1.54) is 31.3 Å². The summed E-state index contributed by atoms with van der Waals surface area (Å²) >= 11 is 0. The Morgan fingerprint density at radius 1 is 1.42 bits per heavy atom. The highest BCUT2D eigenvalue weighted by Gasteiger charge is 2.16. The van der Waals surface area contributed by atoms with E-state index >= 15 is 0 Å². The summed E-state index contributed by atoms with van der Waals surface area (Å²) in [5.41, 5.74) is 1.25.